The fraction of sp³-hybridized carbons (Fsp3) is 0.450. The van der Waals surface area contributed by atoms with E-state index in [1.165, 1.54) is 5.56 Å². The van der Waals surface area contributed by atoms with Crippen molar-refractivity contribution in [2.75, 3.05) is 18.0 Å². The van der Waals surface area contributed by atoms with Gasteiger partial charge in [0, 0.05) is 24.6 Å². The van der Waals surface area contributed by atoms with Crippen LogP contribution in [-0.4, -0.2) is 29.3 Å². The molecule has 1 aliphatic rings. The summed E-state index contributed by atoms with van der Waals surface area (Å²) in [6.07, 6.45) is 1.34. The molecule has 2 aromatic rings. The summed E-state index contributed by atoms with van der Waals surface area (Å²) >= 11 is 0. The number of alkyl halides is 3. The molecule has 0 bridgehead atoms. The Morgan fingerprint density at radius 2 is 1.96 bits per heavy atom. The van der Waals surface area contributed by atoms with E-state index in [2.05, 4.69) is 22.1 Å². The highest BCUT2D eigenvalue weighted by Crippen LogP contribution is 2.36. The van der Waals surface area contributed by atoms with Gasteiger partial charge in [-0.2, -0.15) is 13.2 Å². The fourth-order valence-electron chi connectivity index (χ4n) is 3.68. The molecule has 1 fully saturated rings. The minimum Gasteiger partial charge on any atom is -0.356 e. The van der Waals surface area contributed by atoms with E-state index in [1.807, 2.05) is 18.2 Å². The smallest absolute Gasteiger partial charge is 0.356 e. The van der Waals surface area contributed by atoms with E-state index in [4.69, 9.17) is 0 Å². The number of nitrogens with zero attached hydrogens (tertiary/aromatic N) is 3. The van der Waals surface area contributed by atoms with Crippen LogP contribution in [0.2, 0.25) is 0 Å². The third-order valence-electron chi connectivity index (χ3n) is 5.11. The van der Waals surface area contributed by atoms with E-state index in [0.717, 1.165) is 44.4 Å². The summed E-state index contributed by atoms with van der Waals surface area (Å²) in [5.41, 5.74) is -0.285. The van der Waals surface area contributed by atoms with Gasteiger partial charge in [0.2, 0.25) is 0 Å². The first kappa shape index (κ1) is 19.3. The first-order valence-corrected chi connectivity index (χ1v) is 9.06. The van der Waals surface area contributed by atoms with Crippen LogP contribution in [0.15, 0.2) is 42.7 Å². The summed E-state index contributed by atoms with van der Waals surface area (Å²) in [7, 11) is 0. The quantitative estimate of drug-likeness (QED) is 0.704. The number of piperidine rings is 1. The van der Waals surface area contributed by atoms with E-state index in [1.54, 1.807) is 4.90 Å². The molecule has 1 saturated heterocycles. The van der Waals surface area contributed by atoms with Crippen LogP contribution in [0, 0.1) is 5.41 Å². The first-order chi connectivity index (χ1) is 12.9. The monoisotopic (exact) mass is 377 g/mol. The van der Waals surface area contributed by atoms with Crippen molar-refractivity contribution in [3.63, 3.8) is 0 Å². The summed E-state index contributed by atoms with van der Waals surface area (Å²) in [4.78, 5) is 21.0. The number of hydrogen-bond acceptors (Lipinski definition) is 4. The Morgan fingerprint density at radius 1 is 1.19 bits per heavy atom. The number of aromatic nitrogens is 2. The van der Waals surface area contributed by atoms with Crippen molar-refractivity contribution in [3.8, 4) is 0 Å². The molecule has 1 aromatic heterocycles. The van der Waals surface area contributed by atoms with Crippen LogP contribution in [0.3, 0.4) is 0 Å². The molecule has 1 atom stereocenters. The van der Waals surface area contributed by atoms with E-state index in [9.17, 15) is 18.0 Å². The maximum Gasteiger partial charge on any atom is 0.433 e. The van der Waals surface area contributed by atoms with Crippen molar-refractivity contribution < 1.29 is 18.0 Å². The Bertz CT molecular complexity index is 767. The SMILES string of the molecule is O=CC1(CCCc2ccccc2)CCCN(c2cc(C(F)(F)F)ncn2)C1. The largest absolute Gasteiger partial charge is 0.433 e. The van der Waals surface area contributed by atoms with Crippen molar-refractivity contribution in [1.29, 1.82) is 0 Å². The molecule has 0 N–H and O–H groups in total. The lowest BCUT2D eigenvalue weighted by molar-refractivity contribution is -0.141. The van der Waals surface area contributed by atoms with Crippen LogP contribution >= 0.6 is 0 Å². The zero-order chi connectivity index (χ0) is 19.3. The molecule has 1 aliphatic heterocycles. The fourth-order valence-corrected chi connectivity index (χ4v) is 3.68. The predicted molar refractivity (Wildman–Crippen MR) is 96.4 cm³/mol. The second-order valence-electron chi connectivity index (χ2n) is 7.10. The highest BCUT2D eigenvalue weighted by atomic mass is 19.4. The highest BCUT2D eigenvalue weighted by Gasteiger charge is 2.37. The molecule has 0 radical (unpaired) electrons. The Kier molecular flexibility index (Phi) is 5.77. The maximum atomic E-state index is 12.9. The van der Waals surface area contributed by atoms with Crippen LogP contribution in [0.25, 0.3) is 0 Å². The Hall–Kier alpha value is -2.44. The molecule has 0 amide bonds. The average molecular weight is 377 g/mol. The molecule has 0 aliphatic carbocycles. The van der Waals surface area contributed by atoms with Gasteiger partial charge in [0.05, 0.1) is 0 Å². The second kappa shape index (κ2) is 8.06. The molecular weight excluding hydrogens is 355 g/mol. The predicted octanol–water partition coefficient (Wildman–Crippen LogP) is 4.30. The van der Waals surface area contributed by atoms with Gasteiger partial charge in [-0.1, -0.05) is 30.3 Å². The normalized spacial score (nSPS) is 20.5. The summed E-state index contributed by atoms with van der Waals surface area (Å²) in [5, 5.41) is 0. The number of aldehydes is 1. The Balaban J connectivity index is 1.68. The Labute approximate surface area is 156 Å². The van der Waals surface area contributed by atoms with Gasteiger partial charge in [-0.05, 0) is 37.7 Å². The number of benzene rings is 1. The first-order valence-electron chi connectivity index (χ1n) is 9.06. The zero-order valence-electron chi connectivity index (χ0n) is 15.0. The van der Waals surface area contributed by atoms with Crippen molar-refractivity contribution >= 4 is 12.1 Å². The number of aryl methyl sites for hydroxylation is 1. The molecule has 0 spiro atoms. The van der Waals surface area contributed by atoms with Gasteiger partial charge in [-0.15, -0.1) is 0 Å². The maximum absolute atomic E-state index is 12.9. The number of carbonyl (C=O) groups is 1. The molecule has 4 nitrogen and oxygen atoms in total. The standard InChI is InChI=1S/C20H22F3N3O/c21-20(22,23)17-12-18(25-15-24-17)26-11-5-10-19(13-26,14-27)9-4-8-16-6-2-1-3-7-16/h1-3,6-7,12,14-15H,4-5,8-11,13H2. The molecule has 0 saturated carbocycles. The Morgan fingerprint density at radius 3 is 2.67 bits per heavy atom. The lowest BCUT2D eigenvalue weighted by atomic mass is 9.77. The van der Waals surface area contributed by atoms with Crippen molar-refractivity contribution in [1.82, 2.24) is 9.97 Å². The van der Waals surface area contributed by atoms with Gasteiger partial charge >= 0.3 is 6.18 Å². The summed E-state index contributed by atoms with van der Waals surface area (Å²) in [5.74, 6) is 0.228. The van der Waals surface area contributed by atoms with Crippen LogP contribution < -0.4 is 4.90 Å². The molecule has 3 rings (SSSR count). The van der Waals surface area contributed by atoms with Crippen LogP contribution in [0.1, 0.15) is 36.9 Å². The molecule has 1 unspecified atom stereocenters. The van der Waals surface area contributed by atoms with Crippen LogP contribution in [-0.2, 0) is 17.4 Å². The third-order valence-corrected chi connectivity index (χ3v) is 5.11. The van der Waals surface area contributed by atoms with Gasteiger partial charge in [-0.25, -0.2) is 9.97 Å². The van der Waals surface area contributed by atoms with Crippen LogP contribution in [0.5, 0.6) is 0 Å². The van der Waals surface area contributed by atoms with Crippen molar-refractivity contribution in [3.05, 3.63) is 54.0 Å². The number of rotatable bonds is 6. The molecule has 144 valence electrons. The lowest BCUT2D eigenvalue weighted by Gasteiger charge is -2.40. The summed E-state index contributed by atoms with van der Waals surface area (Å²) in [6, 6.07) is 11.0. The van der Waals surface area contributed by atoms with Gasteiger partial charge in [-0.3, -0.25) is 0 Å². The molecule has 27 heavy (non-hydrogen) atoms. The minimum absolute atomic E-state index is 0.228. The minimum atomic E-state index is -4.51. The molecule has 2 heterocycles. The third kappa shape index (κ3) is 4.84. The van der Waals surface area contributed by atoms with Gasteiger partial charge in [0.15, 0.2) is 0 Å². The van der Waals surface area contributed by atoms with Crippen molar-refractivity contribution in [2.24, 2.45) is 5.41 Å². The summed E-state index contributed by atoms with van der Waals surface area (Å²) in [6.45, 7) is 0.974. The van der Waals surface area contributed by atoms with Gasteiger partial charge < -0.3 is 9.69 Å². The van der Waals surface area contributed by atoms with Gasteiger partial charge in [0.25, 0.3) is 0 Å². The van der Waals surface area contributed by atoms with Gasteiger partial charge in [0.1, 0.15) is 24.1 Å². The number of hydrogen-bond donors (Lipinski definition) is 0. The van der Waals surface area contributed by atoms with Crippen molar-refractivity contribution in [2.45, 2.75) is 38.3 Å². The van der Waals surface area contributed by atoms with Crippen LogP contribution in [0.4, 0.5) is 19.0 Å². The molecule has 1 aromatic carbocycles. The number of halogens is 3. The average Bonchev–Trinajstić information content (AvgIpc) is 2.68. The summed E-state index contributed by atoms with van der Waals surface area (Å²) < 4.78 is 38.7. The number of carbonyl (C=O) groups excluding carboxylic acids is 1. The number of anilines is 1. The van der Waals surface area contributed by atoms with E-state index in [-0.39, 0.29) is 5.82 Å². The van der Waals surface area contributed by atoms with E-state index < -0.39 is 17.3 Å². The molecular formula is C20H22F3N3O. The zero-order valence-corrected chi connectivity index (χ0v) is 15.0. The topological polar surface area (TPSA) is 46.1 Å². The van der Waals surface area contributed by atoms with E-state index in [0.29, 0.717) is 19.5 Å². The van der Waals surface area contributed by atoms with E-state index >= 15 is 0 Å². The highest BCUT2D eigenvalue weighted by molar-refractivity contribution is 5.62. The molecule has 7 heteroatoms. The second-order valence-corrected chi connectivity index (χ2v) is 7.10. The lowest BCUT2D eigenvalue weighted by Crippen LogP contribution is -2.45.